The van der Waals surface area contributed by atoms with Crippen LogP contribution in [0.1, 0.15) is 24.2 Å². The maximum atomic E-state index is 13.1. The third kappa shape index (κ3) is 2.64. The number of hydrogen-bond acceptors (Lipinski definition) is 2. The fourth-order valence-corrected chi connectivity index (χ4v) is 1.98. The number of anilines is 1. The fraction of sp³-hybridized carbons (Fsp3) is 0.308. The van der Waals surface area contributed by atoms with Crippen LogP contribution in [0.3, 0.4) is 0 Å². The molecule has 0 bridgehead atoms. The summed E-state index contributed by atoms with van der Waals surface area (Å²) in [6.45, 7) is 3.93. The van der Waals surface area contributed by atoms with E-state index >= 15 is 0 Å². The van der Waals surface area contributed by atoms with Crippen LogP contribution < -0.4 is 5.73 Å². The van der Waals surface area contributed by atoms with Gasteiger partial charge in [-0.15, -0.1) is 0 Å². The van der Waals surface area contributed by atoms with Crippen molar-refractivity contribution in [1.29, 1.82) is 0 Å². The van der Waals surface area contributed by atoms with Crippen LogP contribution in [0.4, 0.5) is 10.2 Å². The summed E-state index contributed by atoms with van der Waals surface area (Å²) in [6.07, 6.45) is 0.711. The minimum absolute atomic E-state index is 0.116. The Hall–Kier alpha value is -1.84. The van der Waals surface area contributed by atoms with Crippen molar-refractivity contribution in [2.75, 3.05) is 5.73 Å². The van der Waals surface area contributed by atoms with E-state index in [4.69, 9.17) is 5.73 Å². The molecule has 0 spiro atoms. The normalized spacial score (nSPS) is 12.6. The Bertz CT molecular complexity index is 519. The molecule has 4 heteroatoms. The number of hydrogen-bond donors (Lipinski definition) is 1. The van der Waals surface area contributed by atoms with Crippen molar-refractivity contribution in [3.8, 4) is 0 Å². The minimum atomic E-state index is -0.209. The van der Waals surface area contributed by atoms with E-state index in [1.54, 1.807) is 16.8 Å². The highest BCUT2D eigenvalue weighted by atomic mass is 19.1. The van der Waals surface area contributed by atoms with Gasteiger partial charge in [0.15, 0.2) is 0 Å². The molecule has 1 heterocycles. The quantitative estimate of drug-likeness (QED) is 0.885. The molecule has 0 aliphatic heterocycles. The summed E-state index contributed by atoms with van der Waals surface area (Å²) in [5.74, 6) is 0.436. The maximum absolute atomic E-state index is 13.1. The highest BCUT2D eigenvalue weighted by molar-refractivity contribution is 5.31. The fourth-order valence-electron chi connectivity index (χ4n) is 1.98. The van der Waals surface area contributed by atoms with Crippen molar-refractivity contribution in [2.45, 2.75) is 26.3 Å². The summed E-state index contributed by atoms with van der Waals surface area (Å²) in [5.41, 5.74) is 7.70. The molecule has 90 valence electrons. The van der Waals surface area contributed by atoms with Crippen LogP contribution in [0.5, 0.6) is 0 Å². The summed E-state index contributed by atoms with van der Waals surface area (Å²) < 4.78 is 14.8. The standard InChI is InChI=1S/C13H16FN3/c1-9-6-13(15)17(16-9)10(2)7-11-4-3-5-12(14)8-11/h3-6,8,10H,7,15H2,1-2H3. The second kappa shape index (κ2) is 4.57. The molecular formula is C13H16FN3. The highest BCUT2D eigenvalue weighted by Crippen LogP contribution is 2.18. The predicted molar refractivity (Wildman–Crippen MR) is 66.2 cm³/mol. The topological polar surface area (TPSA) is 43.8 Å². The number of aromatic nitrogens is 2. The number of nitrogens with two attached hydrogens (primary N) is 1. The van der Waals surface area contributed by atoms with E-state index in [2.05, 4.69) is 5.10 Å². The van der Waals surface area contributed by atoms with Gasteiger partial charge in [0.1, 0.15) is 11.6 Å². The molecule has 0 saturated heterocycles. The molecule has 2 rings (SSSR count). The van der Waals surface area contributed by atoms with Gasteiger partial charge in [-0.2, -0.15) is 5.10 Å². The largest absolute Gasteiger partial charge is 0.384 e. The Morgan fingerprint density at radius 2 is 2.18 bits per heavy atom. The Morgan fingerprint density at radius 1 is 1.41 bits per heavy atom. The predicted octanol–water partition coefficient (Wildman–Crippen LogP) is 2.72. The molecule has 2 aromatic rings. The Morgan fingerprint density at radius 3 is 2.76 bits per heavy atom. The SMILES string of the molecule is Cc1cc(N)n(C(C)Cc2cccc(F)c2)n1. The zero-order valence-corrected chi connectivity index (χ0v) is 10.0. The van der Waals surface area contributed by atoms with Gasteiger partial charge in [0.05, 0.1) is 11.7 Å². The Balaban J connectivity index is 2.16. The lowest BCUT2D eigenvalue weighted by Gasteiger charge is -2.14. The zero-order valence-electron chi connectivity index (χ0n) is 10.0. The number of nitrogens with zero attached hydrogens (tertiary/aromatic N) is 2. The van der Waals surface area contributed by atoms with Crippen molar-refractivity contribution in [3.05, 3.63) is 47.4 Å². The summed E-state index contributed by atoms with van der Waals surface area (Å²) in [7, 11) is 0. The van der Waals surface area contributed by atoms with Crippen LogP contribution in [-0.4, -0.2) is 9.78 Å². The van der Waals surface area contributed by atoms with Gasteiger partial charge in [-0.3, -0.25) is 0 Å². The second-order valence-electron chi connectivity index (χ2n) is 4.34. The Labute approximate surface area is 100 Å². The average molecular weight is 233 g/mol. The molecule has 0 aliphatic carbocycles. The molecule has 0 aliphatic rings. The van der Waals surface area contributed by atoms with E-state index in [9.17, 15) is 4.39 Å². The molecule has 2 N–H and O–H groups in total. The lowest BCUT2D eigenvalue weighted by molar-refractivity contribution is 0.492. The molecule has 0 radical (unpaired) electrons. The van der Waals surface area contributed by atoms with Gasteiger partial charge in [-0.25, -0.2) is 9.07 Å². The number of benzene rings is 1. The van der Waals surface area contributed by atoms with Gasteiger partial charge in [-0.05, 0) is 38.0 Å². The van der Waals surface area contributed by atoms with Gasteiger partial charge >= 0.3 is 0 Å². The number of rotatable bonds is 3. The van der Waals surface area contributed by atoms with E-state index in [1.165, 1.54) is 6.07 Å². The van der Waals surface area contributed by atoms with Crippen molar-refractivity contribution in [1.82, 2.24) is 9.78 Å². The van der Waals surface area contributed by atoms with Crippen LogP contribution in [0.2, 0.25) is 0 Å². The average Bonchev–Trinajstić information content (AvgIpc) is 2.58. The van der Waals surface area contributed by atoms with Gasteiger partial charge in [0, 0.05) is 6.07 Å². The zero-order chi connectivity index (χ0) is 12.4. The van der Waals surface area contributed by atoms with Crippen LogP contribution in [0.25, 0.3) is 0 Å². The van der Waals surface area contributed by atoms with Gasteiger partial charge in [0.25, 0.3) is 0 Å². The number of halogens is 1. The molecule has 1 aromatic carbocycles. The van der Waals surface area contributed by atoms with E-state index in [0.29, 0.717) is 12.2 Å². The van der Waals surface area contributed by atoms with Gasteiger partial charge in [0.2, 0.25) is 0 Å². The molecule has 1 atom stereocenters. The van der Waals surface area contributed by atoms with Gasteiger partial charge < -0.3 is 5.73 Å². The molecule has 0 fully saturated rings. The first-order valence-corrected chi connectivity index (χ1v) is 5.62. The third-order valence-corrected chi connectivity index (χ3v) is 2.72. The summed E-state index contributed by atoms with van der Waals surface area (Å²) >= 11 is 0. The first kappa shape index (κ1) is 11.6. The van der Waals surface area contributed by atoms with Crippen LogP contribution in [0, 0.1) is 12.7 Å². The number of nitrogen functional groups attached to an aromatic ring is 1. The molecule has 1 unspecified atom stereocenters. The third-order valence-electron chi connectivity index (χ3n) is 2.72. The monoisotopic (exact) mass is 233 g/mol. The minimum Gasteiger partial charge on any atom is -0.384 e. The van der Waals surface area contributed by atoms with E-state index in [0.717, 1.165) is 11.3 Å². The summed E-state index contributed by atoms with van der Waals surface area (Å²) in [4.78, 5) is 0. The first-order valence-electron chi connectivity index (χ1n) is 5.62. The highest BCUT2D eigenvalue weighted by Gasteiger charge is 2.11. The van der Waals surface area contributed by atoms with Crippen LogP contribution >= 0.6 is 0 Å². The molecule has 0 amide bonds. The second-order valence-corrected chi connectivity index (χ2v) is 4.34. The van der Waals surface area contributed by atoms with Crippen molar-refractivity contribution in [3.63, 3.8) is 0 Å². The van der Waals surface area contributed by atoms with E-state index in [-0.39, 0.29) is 11.9 Å². The van der Waals surface area contributed by atoms with E-state index in [1.807, 2.05) is 26.0 Å². The van der Waals surface area contributed by atoms with Crippen LogP contribution in [0.15, 0.2) is 30.3 Å². The molecule has 3 nitrogen and oxygen atoms in total. The van der Waals surface area contributed by atoms with Crippen molar-refractivity contribution < 1.29 is 4.39 Å². The molecule has 0 saturated carbocycles. The maximum Gasteiger partial charge on any atom is 0.123 e. The lowest BCUT2D eigenvalue weighted by atomic mass is 10.1. The van der Waals surface area contributed by atoms with E-state index < -0.39 is 0 Å². The van der Waals surface area contributed by atoms with Crippen molar-refractivity contribution >= 4 is 5.82 Å². The summed E-state index contributed by atoms with van der Waals surface area (Å²) in [6, 6.07) is 8.57. The smallest absolute Gasteiger partial charge is 0.123 e. The molecular weight excluding hydrogens is 217 g/mol. The van der Waals surface area contributed by atoms with Crippen molar-refractivity contribution in [2.24, 2.45) is 0 Å². The van der Waals surface area contributed by atoms with Gasteiger partial charge in [-0.1, -0.05) is 12.1 Å². The van der Waals surface area contributed by atoms with Crippen LogP contribution in [-0.2, 0) is 6.42 Å². The Kier molecular flexibility index (Phi) is 3.13. The molecule has 1 aromatic heterocycles. The lowest BCUT2D eigenvalue weighted by Crippen LogP contribution is -2.12. The number of aryl methyl sites for hydroxylation is 1. The molecule has 17 heavy (non-hydrogen) atoms. The first-order chi connectivity index (χ1) is 8.06. The summed E-state index contributed by atoms with van der Waals surface area (Å²) in [5, 5.41) is 4.33.